The first-order chi connectivity index (χ1) is 8.55. The highest BCUT2D eigenvalue weighted by Crippen LogP contribution is 2.25. The maximum Gasteiger partial charge on any atom is 0.304 e. The van der Waals surface area contributed by atoms with E-state index in [1.165, 1.54) is 8.61 Å². The summed E-state index contributed by atoms with van der Waals surface area (Å²) in [6.07, 6.45) is 0.738. The van der Waals surface area contributed by atoms with Crippen LogP contribution in [0.5, 0.6) is 0 Å². The number of hydrogen-bond donors (Lipinski definition) is 1. The Morgan fingerprint density at radius 2 is 1.89 bits per heavy atom. The quantitative estimate of drug-likeness (QED) is 0.906. The minimum atomic E-state index is -3.53. The molecule has 0 bridgehead atoms. The molecule has 0 atom stereocenters. The van der Waals surface area contributed by atoms with Crippen LogP contribution < -0.4 is 4.31 Å². The van der Waals surface area contributed by atoms with Crippen molar-refractivity contribution in [2.45, 2.75) is 6.42 Å². The maximum atomic E-state index is 12.3. The van der Waals surface area contributed by atoms with Gasteiger partial charge in [-0.1, -0.05) is 11.6 Å². The summed E-state index contributed by atoms with van der Waals surface area (Å²) in [6.45, 7) is 0.860. The van der Waals surface area contributed by atoms with Gasteiger partial charge >= 0.3 is 10.2 Å². The number of benzene rings is 1. The number of aliphatic hydroxyl groups excluding tert-OH is 1. The topological polar surface area (TPSA) is 60.9 Å². The van der Waals surface area contributed by atoms with Gasteiger partial charge in [0.2, 0.25) is 0 Å². The van der Waals surface area contributed by atoms with Gasteiger partial charge in [-0.25, -0.2) is 0 Å². The highest BCUT2D eigenvalue weighted by molar-refractivity contribution is 7.90. The van der Waals surface area contributed by atoms with Crippen molar-refractivity contribution in [1.82, 2.24) is 4.31 Å². The number of aliphatic hydroxyl groups is 1. The summed E-state index contributed by atoms with van der Waals surface area (Å²) in [5.74, 6) is 0. The van der Waals surface area contributed by atoms with Crippen LogP contribution in [0.4, 0.5) is 5.69 Å². The Balaban J connectivity index is 2.29. The van der Waals surface area contributed by atoms with E-state index < -0.39 is 10.2 Å². The molecule has 1 fully saturated rings. The van der Waals surface area contributed by atoms with Crippen LogP contribution in [-0.4, -0.2) is 44.1 Å². The van der Waals surface area contributed by atoms with Crippen LogP contribution >= 0.6 is 11.6 Å². The zero-order chi connectivity index (χ0) is 13.2. The molecular formula is C11H15ClN2O3S. The van der Waals surface area contributed by atoms with Gasteiger partial charge in [-0.2, -0.15) is 12.7 Å². The smallest absolute Gasteiger partial charge is 0.304 e. The van der Waals surface area contributed by atoms with Crippen molar-refractivity contribution < 1.29 is 13.5 Å². The van der Waals surface area contributed by atoms with Gasteiger partial charge in [-0.3, -0.25) is 4.31 Å². The monoisotopic (exact) mass is 290 g/mol. The first kappa shape index (κ1) is 13.6. The molecule has 7 heteroatoms. The van der Waals surface area contributed by atoms with Crippen molar-refractivity contribution in [3.63, 3.8) is 0 Å². The minimum Gasteiger partial charge on any atom is -0.395 e. The summed E-state index contributed by atoms with van der Waals surface area (Å²) in [5.41, 5.74) is 0.599. The SMILES string of the molecule is O=S1(=O)N(CCO)CCCN1c1ccc(Cl)cc1. The van der Waals surface area contributed by atoms with Crippen LogP contribution in [0.25, 0.3) is 0 Å². The zero-order valence-corrected chi connectivity index (χ0v) is 11.4. The van der Waals surface area contributed by atoms with Crippen LogP contribution in [0.1, 0.15) is 6.42 Å². The number of nitrogens with zero attached hydrogens (tertiary/aromatic N) is 2. The van der Waals surface area contributed by atoms with E-state index in [-0.39, 0.29) is 13.2 Å². The van der Waals surface area contributed by atoms with Gasteiger partial charge in [0.1, 0.15) is 0 Å². The summed E-state index contributed by atoms with van der Waals surface area (Å²) in [4.78, 5) is 0. The van der Waals surface area contributed by atoms with Crippen molar-refractivity contribution >= 4 is 27.5 Å². The Kier molecular flexibility index (Phi) is 4.11. The molecule has 0 radical (unpaired) electrons. The largest absolute Gasteiger partial charge is 0.395 e. The van der Waals surface area contributed by atoms with E-state index in [1.54, 1.807) is 24.3 Å². The van der Waals surface area contributed by atoms with Crippen LogP contribution in [0.15, 0.2) is 24.3 Å². The van der Waals surface area contributed by atoms with Crippen LogP contribution in [0.2, 0.25) is 5.02 Å². The van der Waals surface area contributed by atoms with E-state index in [4.69, 9.17) is 16.7 Å². The average Bonchev–Trinajstić information content (AvgIpc) is 2.33. The molecule has 0 aliphatic carbocycles. The minimum absolute atomic E-state index is 0.131. The molecule has 5 nitrogen and oxygen atoms in total. The molecule has 1 saturated heterocycles. The summed E-state index contributed by atoms with van der Waals surface area (Å²) >= 11 is 5.79. The molecule has 1 heterocycles. The predicted molar refractivity (Wildman–Crippen MR) is 71.0 cm³/mol. The summed E-state index contributed by atoms with van der Waals surface area (Å²) in [7, 11) is -3.53. The second kappa shape index (κ2) is 5.44. The first-order valence-electron chi connectivity index (χ1n) is 5.70. The van der Waals surface area contributed by atoms with E-state index >= 15 is 0 Å². The van der Waals surface area contributed by atoms with Gasteiger partial charge in [-0.05, 0) is 30.7 Å². The van der Waals surface area contributed by atoms with Crippen LogP contribution in [-0.2, 0) is 10.2 Å². The van der Waals surface area contributed by atoms with Gasteiger partial charge in [0, 0.05) is 24.7 Å². The second-order valence-electron chi connectivity index (χ2n) is 4.03. The molecule has 0 amide bonds. The van der Waals surface area contributed by atoms with Gasteiger partial charge < -0.3 is 5.11 Å². The lowest BCUT2D eigenvalue weighted by Crippen LogP contribution is -2.50. The van der Waals surface area contributed by atoms with Gasteiger partial charge in [0.05, 0.1) is 12.3 Å². The Morgan fingerprint density at radius 1 is 1.22 bits per heavy atom. The van der Waals surface area contributed by atoms with Crippen molar-refractivity contribution in [3.8, 4) is 0 Å². The molecule has 0 spiro atoms. The Labute approximate surface area is 112 Å². The number of halogens is 1. The molecule has 0 aromatic heterocycles. The van der Waals surface area contributed by atoms with Gasteiger partial charge in [0.15, 0.2) is 0 Å². The second-order valence-corrected chi connectivity index (χ2v) is 6.32. The third kappa shape index (κ3) is 2.61. The van der Waals surface area contributed by atoms with E-state index in [9.17, 15) is 8.42 Å². The van der Waals surface area contributed by atoms with E-state index in [1.807, 2.05) is 0 Å². The molecule has 100 valence electrons. The summed E-state index contributed by atoms with van der Waals surface area (Å²) < 4.78 is 27.2. The van der Waals surface area contributed by atoms with Crippen molar-refractivity contribution in [3.05, 3.63) is 29.3 Å². The van der Waals surface area contributed by atoms with Gasteiger partial charge in [-0.15, -0.1) is 0 Å². The first-order valence-corrected chi connectivity index (χ1v) is 7.47. The number of rotatable bonds is 3. The molecule has 0 unspecified atom stereocenters. The third-order valence-corrected chi connectivity index (χ3v) is 5.06. The van der Waals surface area contributed by atoms with E-state index in [2.05, 4.69) is 0 Å². The van der Waals surface area contributed by atoms with Crippen molar-refractivity contribution in [1.29, 1.82) is 0 Å². The number of β-amino-alcohol motifs (C(OH)–C–C–N with tert-alkyl or cyclic N) is 1. The Hall–Kier alpha value is -0.820. The highest BCUT2D eigenvalue weighted by Gasteiger charge is 2.33. The highest BCUT2D eigenvalue weighted by atomic mass is 35.5. The van der Waals surface area contributed by atoms with Crippen LogP contribution in [0.3, 0.4) is 0 Å². The standard InChI is InChI=1S/C11H15ClN2O3S/c12-10-2-4-11(5-3-10)14-7-1-6-13(8-9-15)18(14,16)17/h2-5,15H,1,6-9H2. The zero-order valence-electron chi connectivity index (χ0n) is 9.79. The normalized spacial score (nSPS) is 20.0. The molecule has 1 aromatic rings. The Bertz CT molecular complexity index is 502. The lowest BCUT2D eigenvalue weighted by molar-refractivity contribution is 0.249. The van der Waals surface area contributed by atoms with Crippen molar-refractivity contribution in [2.75, 3.05) is 30.5 Å². The molecule has 1 aliphatic heterocycles. The fraction of sp³-hybridized carbons (Fsp3) is 0.455. The maximum absolute atomic E-state index is 12.3. The average molecular weight is 291 g/mol. The number of anilines is 1. The summed E-state index contributed by atoms with van der Waals surface area (Å²) in [5, 5.41) is 9.47. The molecular weight excluding hydrogens is 276 g/mol. The molecule has 2 rings (SSSR count). The fourth-order valence-corrected chi connectivity index (χ4v) is 3.79. The molecule has 1 aromatic carbocycles. The Morgan fingerprint density at radius 3 is 2.50 bits per heavy atom. The fourth-order valence-electron chi connectivity index (χ4n) is 1.97. The van der Waals surface area contributed by atoms with Crippen LogP contribution in [0, 0.1) is 0 Å². The lowest BCUT2D eigenvalue weighted by atomic mass is 10.3. The van der Waals surface area contributed by atoms with Crippen molar-refractivity contribution in [2.24, 2.45) is 0 Å². The predicted octanol–water partition coefficient (Wildman–Crippen LogP) is 1.09. The van der Waals surface area contributed by atoms with Gasteiger partial charge in [0.25, 0.3) is 0 Å². The molecule has 1 aliphatic rings. The third-order valence-electron chi connectivity index (χ3n) is 2.84. The van der Waals surface area contributed by atoms with E-state index in [0.29, 0.717) is 23.8 Å². The lowest BCUT2D eigenvalue weighted by Gasteiger charge is -2.35. The summed E-state index contributed by atoms with van der Waals surface area (Å²) in [6, 6.07) is 6.69. The number of hydrogen-bond acceptors (Lipinski definition) is 3. The van der Waals surface area contributed by atoms with E-state index in [0.717, 1.165) is 6.42 Å². The molecule has 18 heavy (non-hydrogen) atoms. The molecule has 0 saturated carbocycles. The molecule has 1 N–H and O–H groups in total.